The number of hydrogen-bond donors (Lipinski definition) is 1. The second kappa shape index (κ2) is 5.66. The molecule has 0 aliphatic heterocycles. The second-order valence-corrected chi connectivity index (χ2v) is 5.63. The molecule has 6 heteroatoms. The number of nitrogens with two attached hydrogens (primary N) is 1. The van der Waals surface area contributed by atoms with Gasteiger partial charge in [0.1, 0.15) is 0 Å². The minimum absolute atomic E-state index is 0.380. The van der Waals surface area contributed by atoms with Gasteiger partial charge in [0, 0.05) is 23.5 Å². The second-order valence-electron chi connectivity index (χ2n) is 5.63. The molecular formula is C14H20N6. The van der Waals surface area contributed by atoms with E-state index in [1.54, 1.807) is 11.0 Å². The van der Waals surface area contributed by atoms with Crippen molar-refractivity contribution in [1.29, 1.82) is 0 Å². The van der Waals surface area contributed by atoms with Gasteiger partial charge in [-0.05, 0) is 55.9 Å². The molecular weight excluding hydrogens is 252 g/mol. The van der Waals surface area contributed by atoms with E-state index in [-0.39, 0.29) is 0 Å². The minimum atomic E-state index is 0.380. The van der Waals surface area contributed by atoms with Crippen LogP contribution in [-0.4, -0.2) is 31.2 Å². The molecule has 6 nitrogen and oxygen atoms in total. The van der Waals surface area contributed by atoms with Gasteiger partial charge in [0.25, 0.3) is 0 Å². The van der Waals surface area contributed by atoms with Crippen molar-refractivity contribution in [1.82, 2.24) is 25.2 Å². The molecule has 20 heavy (non-hydrogen) atoms. The summed E-state index contributed by atoms with van der Waals surface area (Å²) < 4.78 is 0. The Morgan fingerprint density at radius 3 is 2.85 bits per heavy atom. The van der Waals surface area contributed by atoms with Gasteiger partial charge >= 0.3 is 0 Å². The Balaban J connectivity index is 1.68. The topological polar surface area (TPSA) is 82.5 Å². The standard InChI is InChI=1S/C14H20N6/c1-10-8-12(6-7-16-10)14-17-19-20(18-14)9-11-2-4-13(15)5-3-11/h6-8,11,13H,2-5,9,15H2,1H3. The monoisotopic (exact) mass is 272 g/mol. The van der Waals surface area contributed by atoms with Crippen molar-refractivity contribution in [3.05, 3.63) is 24.0 Å². The van der Waals surface area contributed by atoms with Crippen molar-refractivity contribution in [3.63, 3.8) is 0 Å². The fourth-order valence-corrected chi connectivity index (χ4v) is 2.72. The van der Waals surface area contributed by atoms with Crippen LogP contribution in [0.1, 0.15) is 31.4 Å². The number of rotatable bonds is 3. The fraction of sp³-hybridized carbons (Fsp3) is 0.571. The Morgan fingerprint density at radius 2 is 2.10 bits per heavy atom. The molecule has 2 aromatic heterocycles. The third-order valence-electron chi connectivity index (χ3n) is 3.92. The number of aryl methyl sites for hydroxylation is 1. The van der Waals surface area contributed by atoms with Crippen molar-refractivity contribution in [2.75, 3.05) is 0 Å². The summed E-state index contributed by atoms with van der Waals surface area (Å²) in [5.74, 6) is 1.29. The first-order chi connectivity index (χ1) is 9.70. The lowest BCUT2D eigenvalue weighted by atomic mass is 9.86. The normalized spacial score (nSPS) is 22.9. The lowest BCUT2D eigenvalue weighted by molar-refractivity contribution is 0.272. The summed E-state index contributed by atoms with van der Waals surface area (Å²) in [4.78, 5) is 5.89. The van der Waals surface area contributed by atoms with Crippen LogP contribution in [0.2, 0.25) is 0 Å². The maximum Gasteiger partial charge on any atom is 0.205 e. The summed E-state index contributed by atoms with van der Waals surface area (Å²) in [6.45, 7) is 2.79. The van der Waals surface area contributed by atoms with E-state index in [1.165, 1.54) is 0 Å². The van der Waals surface area contributed by atoms with Crippen molar-refractivity contribution >= 4 is 0 Å². The van der Waals surface area contributed by atoms with E-state index in [9.17, 15) is 0 Å². The highest BCUT2D eigenvalue weighted by atomic mass is 15.6. The smallest absolute Gasteiger partial charge is 0.205 e. The Bertz CT molecular complexity index is 571. The zero-order valence-electron chi connectivity index (χ0n) is 11.7. The van der Waals surface area contributed by atoms with E-state index in [4.69, 9.17) is 5.73 Å². The minimum Gasteiger partial charge on any atom is -0.328 e. The van der Waals surface area contributed by atoms with Gasteiger partial charge < -0.3 is 5.73 Å². The van der Waals surface area contributed by atoms with E-state index in [2.05, 4.69) is 20.4 Å². The molecule has 1 fully saturated rings. The van der Waals surface area contributed by atoms with Gasteiger partial charge in [-0.2, -0.15) is 4.80 Å². The first-order valence-electron chi connectivity index (χ1n) is 7.17. The van der Waals surface area contributed by atoms with Crippen molar-refractivity contribution in [2.24, 2.45) is 11.7 Å². The summed E-state index contributed by atoms with van der Waals surface area (Å²) >= 11 is 0. The van der Waals surface area contributed by atoms with Crippen LogP contribution in [0.15, 0.2) is 18.3 Å². The Hall–Kier alpha value is -1.82. The maximum absolute atomic E-state index is 5.93. The molecule has 0 bridgehead atoms. The summed E-state index contributed by atoms with van der Waals surface area (Å²) in [6, 6.07) is 4.26. The van der Waals surface area contributed by atoms with Crippen LogP contribution in [0.5, 0.6) is 0 Å². The third kappa shape index (κ3) is 3.01. The molecule has 0 unspecified atom stereocenters. The van der Waals surface area contributed by atoms with Gasteiger partial charge in [-0.1, -0.05) is 0 Å². The van der Waals surface area contributed by atoms with E-state index in [1.807, 2.05) is 19.1 Å². The van der Waals surface area contributed by atoms with Crippen molar-refractivity contribution in [2.45, 2.75) is 45.2 Å². The zero-order valence-corrected chi connectivity index (χ0v) is 11.7. The highest BCUT2D eigenvalue weighted by Gasteiger charge is 2.20. The van der Waals surface area contributed by atoms with E-state index in [0.29, 0.717) is 17.8 Å². The lowest BCUT2D eigenvalue weighted by Gasteiger charge is -2.25. The maximum atomic E-state index is 5.93. The Kier molecular flexibility index (Phi) is 3.73. The van der Waals surface area contributed by atoms with Crippen LogP contribution in [0.4, 0.5) is 0 Å². The summed E-state index contributed by atoms with van der Waals surface area (Å²) in [7, 11) is 0. The average Bonchev–Trinajstić information content (AvgIpc) is 2.90. The van der Waals surface area contributed by atoms with E-state index < -0.39 is 0 Å². The van der Waals surface area contributed by atoms with Crippen LogP contribution in [0.3, 0.4) is 0 Å². The van der Waals surface area contributed by atoms with Gasteiger partial charge in [0.15, 0.2) is 0 Å². The molecule has 0 atom stereocenters. The fourth-order valence-electron chi connectivity index (χ4n) is 2.72. The summed E-state index contributed by atoms with van der Waals surface area (Å²) in [5.41, 5.74) is 7.85. The highest BCUT2D eigenvalue weighted by molar-refractivity contribution is 5.53. The first-order valence-corrected chi connectivity index (χ1v) is 7.17. The molecule has 2 aromatic rings. The van der Waals surface area contributed by atoms with E-state index >= 15 is 0 Å². The average molecular weight is 272 g/mol. The summed E-state index contributed by atoms with van der Waals surface area (Å²) in [5, 5.41) is 12.8. The van der Waals surface area contributed by atoms with Crippen LogP contribution >= 0.6 is 0 Å². The van der Waals surface area contributed by atoms with Crippen molar-refractivity contribution < 1.29 is 0 Å². The molecule has 0 amide bonds. The molecule has 1 aliphatic carbocycles. The third-order valence-corrected chi connectivity index (χ3v) is 3.92. The molecule has 1 saturated carbocycles. The molecule has 1 aliphatic rings. The van der Waals surface area contributed by atoms with E-state index in [0.717, 1.165) is 43.5 Å². The van der Waals surface area contributed by atoms with Crippen LogP contribution in [0, 0.1) is 12.8 Å². The SMILES string of the molecule is Cc1cc(-c2nnn(CC3CCC(N)CC3)n2)ccn1. The first kappa shape index (κ1) is 13.2. The molecule has 3 rings (SSSR count). The summed E-state index contributed by atoms with van der Waals surface area (Å²) in [6.07, 6.45) is 6.30. The number of tetrazole rings is 1. The molecule has 0 radical (unpaired) electrons. The van der Waals surface area contributed by atoms with Gasteiger partial charge in [0.05, 0.1) is 6.54 Å². The predicted octanol–water partition coefficient (Wildman–Crippen LogP) is 1.56. The molecule has 0 spiro atoms. The quantitative estimate of drug-likeness (QED) is 0.916. The molecule has 2 N–H and O–H groups in total. The molecule has 2 heterocycles. The number of hydrogen-bond acceptors (Lipinski definition) is 5. The lowest BCUT2D eigenvalue weighted by Crippen LogP contribution is -2.28. The van der Waals surface area contributed by atoms with Gasteiger partial charge in [-0.15, -0.1) is 10.2 Å². The molecule has 0 saturated heterocycles. The number of nitrogens with zero attached hydrogens (tertiary/aromatic N) is 5. The predicted molar refractivity (Wildman–Crippen MR) is 75.7 cm³/mol. The number of pyridine rings is 1. The van der Waals surface area contributed by atoms with Crippen molar-refractivity contribution in [3.8, 4) is 11.4 Å². The largest absolute Gasteiger partial charge is 0.328 e. The van der Waals surface area contributed by atoms with Gasteiger partial charge in [0.2, 0.25) is 5.82 Å². The Morgan fingerprint density at radius 1 is 1.30 bits per heavy atom. The number of aromatic nitrogens is 5. The van der Waals surface area contributed by atoms with Crippen LogP contribution < -0.4 is 5.73 Å². The van der Waals surface area contributed by atoms with Crippen LogP contribution in [0.25, 0.3) is 11.4 Å². The highest BCUT2D eigenvalue weighted by Crippen LogP contribution is 2.24. The molecule has 106 valence electrons. The zero-order chi connectivity index (χ0) is 13.9. The van der Waals surface area contributed by atoms with Crippen LogP contribution in [-0.2, 0) is 6.54 Å². The molecule has 0 aromatic carbocycles. The van der Waals surface area contributed by atoms with Gasteiger partial charge in [-0.25, -0.2) is 0 Å². The van der Waals surface area contributed by atoms with Gasteiger partial charge in [-0.3, -0.25) is 4.98 Å². The Labute approximate surface area is 118 Å².